The van der Waals surface area contributed by atoms with Gasteiger partial charge in [-0.2, -0.15) is 0 Å². The Bertz CT molecular complexity index is 812. The second-order valence-electron chi connectivity index (χ2n) is 4.87. The van der Waals surface area contributed by atoms with E-state index in [-0.39, 0.29) is 5.91 Å². The largest absolute Gasteiger partial charge is 0.298 e. The summed E-state index contributed by atoms with van der Waals surface area (Å²) >= 11 is 7.28. The Morgan fingerprint density at radius 1 is 1.18 bits per heavy atom. The average Bonchev–Trinajstić information content (AvgIpc) is 2.96. The number of aryl methyl sites for hydroxylation is 1. The number of benzene rings is 2. The van der Waals surface area contributed by atoms with Crippen LogP contribution in [0.4, 0.5) is 5.13 Å². The highest BCUT2D eigenvalue weighted by Gasteiger charge is 2.10. The average molecular weight is 329 g/mol. The molecule has 0 unspecified atom stereocenters. The van der Waals surface area contributed by atoms with Crippen LogP contribution in [-0.4, -0.2) is 10.9 Å². The number of halogens is 1. The molecule has 1 heterocycles. The topological polar surface area (TPSA) is 42.0 Å². The Hall–Kier alpha value is -2.17. The molecule has 0 aliphatic heterocycles. The number of amides is 1. The van der Waals surface area contributed by atoms with Crippen molar-refractivity contribution >= 4 is 34.0 Å². The van der Waals surface area contributed by atoms with Crippen molar-refractivity contribution in [3.63, 3.8) is 0 Å². The zero-order valence-corrected chi connectivity index (χ0v) is 13.4. The SMILES string of the molecule is Cc1cccc(C(=O)Nc2nc(-c3ccc(Cl)cc3)cs2)c1. The van der Waals surface area contributed by atoms with Crippen LogP contribution < -0.4 is 5.32 Å². The van der Waals surface area contributed by atoms with Crippen LogP contribution in [0, 0.1) is 6.92 Å². The Labute approximate surface area is 137 Å². The standard InChI is InChI=1S/C17H13ClN2OS/c1-11-3-2-4-13(9-11)16(21)20-17-19-15(10-22-17)12-5-7-14(18)8-6-12/h2-10H,1H3,(H,19,20,21). The molecule has 1 amide bonds. The minimum atomic E-state index is -0.152. The molecule has 3 nitrogen and oxygen atoms in total. The lowest BCUT2D eigenvalue weighted by Crippen LogP contribution is -2.11. The van der Waals surface area contributed by atoms with E-state index in [1.54, 1.807) is 6.07 Å². The van der Waals surface area contributed by atoms with Gasteiger partial charge >= 0.3 is 0 Å². The van der Waals surface area contributed by atoms with Crippen molar-refractivity contribution < 1.29 is 4.79 Å². The molecule has 0 aliphatic carbocycles. The quantitative estimate of drug-likeness (QED) is 0.733. The molecule has 0 fully saturated rings. The van der Waals surface area contributed by atoms with E-state index in [0.29, 0.717) is 15.7 Å². The van der Waals surface area contributed by atoms with E-state index in [1.807, 2.05) is 54.8 Å². The van der Waals surface area contributed by atoms with Gasteiger partial charge in [0.2, 0.25) is 0 Å². The van der Waals surface area contributed by atoms with E-state index in [1.165, 1.54) is 11.3 Å². The van der Waals surface area contributed by atoms with E-state index in [9.17, 15) is 4.79 Å². The van der Waals surface area contributed by atoms with Gasteiger partial charge in [-0.25, -0.2) is 4.98 Å². The molecule has 2 aromatic carbocycles. The number of hydrogen-bond acceptors (Lipinski definition) is 3. The van der Waals surface area contributed by atoms with E-state index < -0.39 is 0 Å². The van der Waals surface area contributed by atoms with Crippen molar-refractivity contribution in [3.05, 3.63) is 70.1 Å². The molecule has 5 heteroatoms. The van der Waals surface area contributed by atoms with Crippen molar-refractivity contribution in [3.8, 4) is 11.3 Å². The highest BCUT2D eigenvalue weighted by atomic mass is 35.5. The first-order valence-corrected chi connectivity index (χ1v) is 7.97. The molecule has 3 aromatic rings. The number of aromatic nitrogens is 1. The molecule has 0 saturated heterocycles. The summed E-state index contributed by atoms with van der Waals surface area (Å²) in [5.74, 6) is -0.152. The summed E-state index contributed by atoms with van der Waals surface area (Å²) in [5, 5.41) is 6.01. The van der Waals surface area contributed by atoms with Gasteiger partial charge in [0.05, 0.1) is 5.69 Å². The zero-order valence-electron chi connectivity index (χ0n) is 11.8. The minimum Gasteiger partial charge on any atom is -0.298 e. The molecular weight excluding hydrogens is 316 g/mol. The third-order valence-electron chi connectivity index (χ3n) is 3.14. The predicted octanol–water partition coefficient (Wildman–Crippen LogP) is 5.02. The molecule has 22 heavy (non-hydrogen) atoms. The van der Waals surface area contributed by atoms with Gasteiger partial charge in [0.25, 0.3) is 5.91 Å². The van der Waals surface area contributed by atoms with Gasteiger partial charge in [0.1, 0.15) is 0 Å². The third kappa shape index (κ3) is 3.35. The molecule has 0 atom stereocenters. The van der Waals surface area contributed by atoms with Gasteiger partial charge in [0, 0.05) is 21.5 Å². The van der Waals surface area contributed by atoms with Crippen LogP contribution in [0.15, 0.2) is 53.9 Å². The highest BCUT2D eigenvalue weighted by Crippen LogP contribution is 2.26. The number of rotatable bonds is 3. The Morgan fingerprint density at radius 2 is 1.95 bits per heavy atom. The van der Waals surface area contributed by atoms with Crippen LogP contribution in [0.3, 0.4) is 0 Å². The van der Waals surface area contributed by atoms with Crippen molar-refractivity contribution in [1.82, 2.24) is 4.98 Å². The van der Waals surface area contributed by atoms with Crippen molar-refractivity contribution in [2.45, 2.75) is 6.92 Å². The number of hydrogen-bond donors (Lipinski definition) is 1. The number of thiazole rings is 1. The summed E-state index contributed by atoms with van der Waals surface area (Å²) in [5.41, 5.74) is 3.47. The maximum absolute atomic E-state index is 12.2. The molecular formula is C17H13ClN2OS. The van der Waals surface area contributed by atoms with Crippen molar-refractivity contribution in [2.24, 2.45) is 0 Å². The number of anilines is 1. The summed E-state index contributed by atoms with van der Waals surface area (Å²) in [6.45, 7) is 1.96. The van der Waals surface area contributed by atoms with Gasteiger partial charge in [-0.3, -0.25) is 10.1 Å². The van der Waals surface area contributed by atoms with Crippen LogP contribution in [0.1, 0.15) is 15.9 Å². The van der Waals surface area contributed by atoms with Gasteiger partial charge < -0.3 is 0 Å². The molecule has 0 spiro atoms. The number of carbonyl (C=O) groups is 1. The van der Waals surface area contributed by atoms with Gasteiger partial charge in [-0.1, -0.05) is 41.4 Å². The molecule has 1 aromatic heterocycles. The van der Waals surface area contributed by atoms with Crippen LogP contribution in [0.25, 0.3) is 11.3 Å². The lowest BCUT2D eigenvalue weighted by molar-refractivity contribution is 0.102. The molecule has 110 valence electrons. The van der Waals surface area contributed by atoms with E-state index in [0.717, 1.165) is 16.8 Å². The lowest BCUT2D eigenvalue weighted by Gasteiger charge is -2.02. The second-order valence-corrected chi connectivity index (χ2v) is 6.16. The number of carbonyl (C=O) groups excluding carboxylic acids is 1. The second kappa shape index (κ2) is 6.30. The predicted molar refractivity (Wildman–Crippen MR) is 91.7 cm³/mol. The molecule has 1 N–H and O–H groups in total. The Balaban J connectivity index is 1.77. The van der Waals surface area contributed by atoms with Gasteiger partial charge in [-0.05, 0) is 31.2 Å². The first-order valence-electron chi connectivity index (χ1n) is 6.71. The van der Waals surface area contributed by atoms with Crippen LogP contribution in [0.5, 0.6) is 0 Å². The first kappa shape index (κ1) is 14.8. The monoisotopic (exact) mass is 328 g/mol. The Morgan fingerprint density at radius 3 is 2.68 bits per heavy atom. The lowest BCUT2D eigenvalue weighted by atomic mass is 10.1. The number of nitrogens with one attached hydrogen (secondary N) is 1. The summed E-state index contributed by atoms with van der Waals surface area (Å²) in [6, 6.07) is 14.9. The van der Waals surface area contributed by atoms with E-state index in [4.69, 9.17) is 11.6 Å². The van der Waals surface area contributed by atoms with Crippen molar-refractivity contribution in [2.75, 3.05) is 5.32 Å². The molecule has 3 rings (SSSR count). The van der Waals surface area contributed by atoms with Crippen LogP contribution in [0.2, 0.25) is 5.02 Å². The first-order chi connectivity index (χ1) is 10.6. The van der Waals surface area contributed by atoms with Crippen molar-refractivity contribution in [1.29, 1.82) is 0 Å². The van der Waals surface area contributed by atoms with E-state index >= 15 is 0 Å². The zero-order chi connectivity index (χ0) is 15.5. The van der Waals surface area contributed by atoms with Crippen LogP contribution in [-0.2, 0) is 0 Å². The Kier molecular flexibility index (Phi) is 4.22. The normalized spacial score (nSPS) is 10.5. The maximum Gasteiger partial charge on any atom is 0.257 e. The van der Waals surface area contributed by atoms with Crippen LogP contribution >= 0.6 is 22.9 Å². The summed E-state index contributed by atoms with van der Waals surface area (Å²) in [7, 11) is 0. The highest BCUT2D eigenvalue weighted by molar-refractivity contribution is 7.14. The molecule has 0 aliphatic rings. The summed E-state index contributed by atoms with van der Waals surface area (Å²) in [4.78, 5) is 16.6. The molecule has 0 radical (unpaired) electrons. The maximum atomic E-state index is 12.2. The van der Waals surface area contributed by atoms with Gasteiger partial charge in [0.15, 0.2) is 5.13 Å². The summed E-state index contributed by atoms with van der Waals surface area (Å²) < 4.78 is 0. The fourth-order valence-electron chi connectivity index (χ4n) is 2.04. The fourth-order valence-corrected chi connectivity index (χ4v) is 2.88. The summed E-state index contributed by atoms with van der Waals surface area (Å²) in [6.07, 6.45) is 0. The fraction of sp³-hybridized carbons (Fsp3) is 0.0588. The van der Waals surface area contributed by atoms with E-state index in [2.05, 4.69) is 10.3 Å². The van der Waals surface area contributed by atoms with Gasteiger partial charge in [-0.15, -0.1) is 11.3 Å². The minimum absolute atomic E-state index is 0.152. The smallest absolute Gasteiger partial charge is 0.257 e. The molecule has 0 bridgehead atoms. The number of nitrogens with zero attached hydrogens (tertiary/aromatic N) is 1. The third-order valence-corrected chi connectivity index (χ3v) is 4.15. The molecule has 0 saturated carbocycles.